The number of aryl methyl sites for hydroxylation is 1. The van der Waals surface area contributed by atoms with Crippen molar-refractivity contribution < 1.29 is 9.59 Å². The van der Waals surface area contributed by atoms with Crippen molar-refractivity contribution in [1.29, 1.82) is 0 Å². The van der Waals surface area contributed by atoms with Gasteiger partial charge in [-0.15, -0.1) is 0 Å². The molecule has 0 radical (unpaired) electrons. The van der Waals surface area contributed by atoms with Gasteiger partial charge in [0.2, 0.25) is 11.8 Å². The normalized spacial score (nSPS) is 10.8. The van der Waals surface area contributed by atoms with E-state index in [0.29, 0.717) is 25.9 Å². The summed E-state index contributed by atoms with van der Waals surface area (Å²) in [5.74, 6) is 0.376. The number of carbonyl (C=O) groups excluding carboxylic acids is 2. The second-order valence-electron chi connectivity index (χ2n) is 8.67. The van der Waals surface area contributed by atoms with Gasteiger partial charge in [0.05, 0.1) is 13.0 Å². The van der Waals surface area contributed by atoms with E-state index in [4.69, 9.17) is 0 Å². The molecule has 0 bridgehead atoms. The van der Waals surface area contributed by atoms with Crippen LogP contribution in [0.2, 0.25) is 0 Å². The van der Waals surface area contributed by atoms with E-state index in [1.165, 1.54) is 5.56 Å². The van der Waals surface area contributed by atoms with Gasteiger partial charge in [-0.1, -0.05) is 86.1 Å². The second kappa shape index (κ2) is 11.3. The number of anilines is 1. The third-order valence-corrected chi connectivity index (χ3v) is 5.25. The molecule has 166 valence electrons. The highest BCUT2D eigenvalue weighted by atomic mass is 16.2. The molecule has 2 amide bonds. The van der Waals surface area contributed by atoms with Crippen molar-refractivity contribution in [3.8, 4) is 0 Å². The van der Waals surface area contributed by atoms with Crippen LogP contribution in [-0.2, 0) is 29.1 Å². The van der Waals surface area contributed by atoms with E-state index >= 15 is 0 Å². The van der Waals surface area contributed by atoms with Crippen molar-refractivity contribution >= 4 is 17.5 Å². The SMILES string of the molecule is Cc1cccc(CNC(=O)Cc2ccc(N(Cc3ccccc3)C(=O)CC(C)C)cc2)c1. The summed E-state index contributed by atoms with van der Waals surface area (Å²) in [5, 5.41) is 2.98. The number of hydrogen-bond acceptors (Lipinski definition) is 2. The van der Waals surface area contributed by atoms with Crippen LogP contribution in [0.4, 0.5) is 5.69 Å². The Labute approximate surface area is 191 Å². The highest BCUT2D eigenvalue weighted by Gasteiger charge is 2.17. The predicted octanol–water partition coefficient (Wildman–Crippen LogP) is 5.43. The average molecular weight is 429 g/mol. The lowest BCUT2D eigenvalue weighted by Gasteiger charge is -2.24. The van der Waals surface area contributed by atoms with Gasteiger partial charge < -0.3 is 10.2 Å². The Hall–Kier alpha value is -3.40. The van der Waals surface area contributed by atoms with Crippen LogP contribution in [0.25, 0.3) is 0 Å². The fourth-order valence-corrected chi connectivity index (χ4v) is 3.61. The maximum atomic E-state index is 12.9. The van der Waals surface area contributed by atoms with Crippen molar-refractivity contribution in [2.45, 2.75) is 46.7 Å². The Balaban J connectivity index is 1.65. The van der Waals surface area contributed by atoms with Crippen LogP contribution < -0.4 is 10.2 Å². The first kappa shape index (κ1) is 23.3. The molecule has 3 aromatic carbocycles. The van der Waals surface area contributed by atoms with Crippen LogP contribution in [-0.4, -0.2) is 11.8 Å². The number of benzene rings is 3. The van der Waals surface area contributed by atoms with E-state index in [9.17, 15) is 9.59 Å². The van der Waals surface area contributed by atoms with E-state index in [2.05, 4.69) is 25.2 Å². The minimum absolute atomic E-state index is 0.0173. The fraction of sp³-hybridized carbons (Fsp3) is 0.286. The van der Waals surface area contributed by atoms with Crippen LogP contribution in [0.3, 0.4) is 0 Å². The summed E-state index contributed by atoms with van der Waals surface area (Å²) >= 11 is 0. The number of amides is 2. The second-order valence-corrected chi connectivity index (χ2v) is 8.67. The smallest absolute Gasteiger partial charge is 0.227 e. The molecule has 0 spiro atoms. The van der Waals surface area contributed by atoms with Gasteiger partial charge in [-0.05, 0) is 41.7 Å². The number of hydrogen-bond donors (Lipinski definition) is 1. The molecular weight excluding hydrogens is 396 g/mol. The van der Waals surface area contributed by atoms with Gasteiger partial charge in [-0.2, -0.15) is 0 Å². The quantitative estimate of drug-likeness (QED) is 0.494. The first-order valence-electron chi connectivity index (χ1n) is 11.2. The van der Waals surface area contributed by atoms with Crippen molar-refractivity contribution in [3.63, 3.8) is 0 Å². The third-order valence-electron chi connectivity index (χ3n) is 5.25. The van der Waals surface area contributed by atoms with Gasteiger partial charge >= 0.3 is 0 Å². The van der Waals surface area contributed by atoms with E-state index in [1.54, 1.807) is 0 Å². The molecule has 1 N–H and O–H groups in total. The zero-order valence-corrected chi connectivity index (χ0v) is 19.2. The molecule has 0 aliphatic carbocycles. The Bertz CT molecular complexity index is 1030. The Morgan fingerprint density at radius 1 is 0.844 bits per heavy atom. The Morgan fingerprint density at radius 2 is 1.53 bits per heavy atom. The lowest BCUT2D eigenvalue weighted by Crippen LogP contribution is -2.31. The number of nitrogens with zero attached hydrogens (tertiary/aromatic N) is 1. The summed E-state index contributed by atoms with van der Waals surface area (Å²) in [6, 6.07) is 25.9. The van der Waals surface area contributed by atoms with Gasteiger partial charge in [-0.25, -0.2) is 0 Å². The van der Waals surface area contributed by atoms with E-state index in [0.717, 1.165) is 22.4 Å². The lowest BCUT2D eigenvalue weighted by molar-refractivity contribution is -0.121. The number of nitrogens with one attached hydrogen (secondary N) is 1. The fourth-order valence-electron chi connectivity index (χ4n) is 3.61. The highest BCUT2D eigenvalue weighted by molar-refractivity contribution is 5.93. The number of carbonyl (C=O) groups is 2. The molecule has 0 aliphatic rings. The Morgan fingerprint density at radius 3 is 2.19 bits per heavy atom. The first-order valence-corrected chi connectivity index (χ1v) is 11.2. The topological polar surface area (TPSA) is 49.4 Å². The molecule has 0 aromatic heterocycles. The Kier molecular flexibility index (Phi) is 8.20. The van der Waals surface area contributed by atoms with Crippen molar-refractivity contribution in [1.82, 2.24) is 5.32 Å². The van der Waals surface area contributed by atoms with Gasteiger partial charge in [-0.3, -0.25) is 9.59 Å². The van der Waals surface area contributed by atoms with Crippen LogP contribution >= 0.6 is 0 Å². The van der Waals surface area contributed by atoms with Gasteiger partial charge in [0.25, 0.3) is 0 Å². The molecule has 0 fully saturated rings. The molecule has 3 rings (SSSR count). The zero-order valence-electron chi connectivity index (χ0n) is 19.2. The largest absolute Gasteiger partial charge is 0.352 e. The number of rotatable bonds is 9. The van der Waals surface area contributed by atoms with Gasteiger partial charge in [0, 0.05) is 18.7 Å². The lowest BCUT2D eigenvalue weighted by atomic mass is 10.1. The van der Waals surface area contributed by atoms with E-state index < -0.39 is 0 Å². The summed E-state index contributed by atoms with van der Waals surface area (Å²) in [7, 11) is 0. The van der Waals surface area contributed by atoms with Crippen molar-refractivity contribution in [2.24, 2.45) is 5.92 Å². The average Bonchev–Trinajstić information content (AvgIpc) is 2.77. The zero-order chi connectivity index (χ0) is 22.9. The molecule has 0 unspecified atom stereocenters. The molecule has 4 nitrogen and oxygen atoms in total. The molecule has 0 aliphatic heterocycles. The molecule has 0 saturated carbocycles. The standard InChI is InChI=1S/C28H32N2O2/c1-21(2)16-28(32)30(20-24-9-5-4-6-10-24)26-14-12-23(13-15-26)18-27(31)29-19-25-11-7-8-22(3)17-25/h4-15,17,21H,16,18-20H2,1-3H3,(H,29,31). The van der Waals surface area contributed by atoms with Gasteiger partial charge in [0.1, 0.15) is 0 Å². The monoisotopic (exact) mass is 428 g/mol. The molecule has 4 heteroatoms. The summed E-state index contributed by atoms with van der Waals surface area (Å²) in [4.78, 5) is 27.1. The van der Waals surface area contributed by atoms with Crippen LogP contribution in [0.15, 0.2) is 78.9 Å². The summed E-state index contributed by atoms with van der Waals surface area (Å²) in [5.41, 5.74) is 5.13. The van der Waals surface area contributed by atoms with Crippen molar-refractivity contribution in [3.05, 3.63) is 101 Å². The minimum Gasteiger partial charge on any atom is -0.352 e. The third kappa shape index (κ3) is 7.09. The van der Waals surface area contributed by atoms with E-state index in [1.807, 2.05) is 84.6 Å². The molecule has 3 aromatic rings. The maximum absolute atomic E-state index is 12.9. The summed E-state index contributed by atoms with van der Waals surface area (Å²) < 4.78 is 0. The molecule has 0 saturated heterocycles. The minimum atomic E-state index is -0.0173. The molecule has 32 heavy (non-hydrogen) atoms. The van der Waals surface area contributed by atoms with Crippen molar-refractivity contribution in [2.75, 3.05) is 4.90 Å². The van der Waals surface area contributed by atoms with E-state index in [-0.39, 0.29) is 17.7 Å². The molecular formula is C28H32N2O2. The molecule has 0 heterocycles. The van der Waals surface area contributed by atoms with Crippen LogP contribution in [0.5, 0.6) is 0 Å². The summed E-state index contributed by atoms with van der Waals surface area (Å²) in [6.07, 6.45) is 0.806. The van der Waals surface area contributed by atoms with Gasteiger partial charge in [0.15, 0.2) is 0 Å². The van der Waals surface area contributed by atoms with Crippen LogP contribution in [0, 0.1) is 12.8 Å². The highest BCUT2D eigenvalue weighted by Crippen LogP contribution is 2.21. The van der Waals surface area contributed by atoms with Crippen LogP contribution in [0.1, 0.15) is 42.5 Å². The first-order chi connectivity index (χ1) is 15.4. The predicted molar refractivity (Wildman–Crippen MR) is 130 cm³/mol. The maximum Gasteiger partial charge on any atom is 0.227 e. The molecule has 0 atom stereocenters. The summed E-state index contributed by atoms with van der Waals surface area (Å²) in [6.45, 7) is 7.20.